The summed E-state index contributed by atoms with van der Waals surface area (Å²) >= 11 is 1.14. The van der Waals surface area contributed by atoms with Crippen LogP contribution in [-0.2, 0) is 104 Å². The molecule has 8 aromatic rings. The van der Waals surface area contributed by atoms with E-state index in [0.717, 1.165) is 17.1 Å². The Hall–Kier alpha value is -13.2. The molecule has 133 heavy (non-hydrogen) atoms. The summed E-state index contributed by atoms with van der Waals surface area (Å²) in [7, 11) is 0. The number of hydrogen-bond donors (Lipinski definition) is 18. The molecule has 4 bridgehead atoms. The molecule has 12 rings (SSSR count). The molecule has 0 unspecified atom stereocenters. The molecule has 4 aliphatic rings. The normalized spacial score (nSPS) is 25.4. The van der Waals surface area contributed by atoms with Crippen molar-refractivity contribution in [3.05, 3.63) is 174 Å². The number of aliphatic hydroxyl groups excluding tert-OH is 3. The van der Waals surface area contributed by atoms with Crippen LogP contribution in [0.3, 0.4) is 0 Å². The number of carbonyl (C=O) groups is 15. The zero-order valence-corrected chi connectivity index (χ0v) is 76.3. The molecule has 0 spiro atoms. The van der Waals surface area contributed by atoms with Gasteiger partial charge < -0.3 is 104 Å². The quantitative estimate of drug-likeness (QED) is 0.0610. The number of rotatable bonds is 17. The summed E-state index contributed by atoms with van der Waals surface area (Å²) in [4.78, 5) is 243. The second kappa shape index (κ2) is 45.3. The highest BCUT2D eigenvalue weighted by Crippen LogP contribution is 2.31. The van der Waals surface area contributed by atoms with E-state index in [-0.39, 0.29) is 92.6 Å². The summed E-state index contributed by atoms with van der Waals surface area (Å²) in [6.45, 7) is 10.4. The fourth-order valence-corrected chi connectivity index (χ4v) is 18.3. The molecule has 4 aromatic carbocycles. The van der Waals surface area contributed by atoms with Crippen LogP contribution in [0, 0.1) is 29.6 Å². The standard InChI is InChI=1S/C95H119N19O18S/c1-49(2)35-68-82(120)106-71(39-56-44-99-64-29-17-14-26-60(56)64)95(132)114-34-20-32-77(114)89(127)104-70(38-55-43-98-63-28-16-13-25-59(55)63)83(121)101-66(36-53-21-10-9-11-22-53)78(118)41-61(50(3)4)94(131)113-33-19-31-76(113)90(128)108-74(47-117)87(125)112-80(52(7)8)92(130)109-72(45-115)85(123)102-67(81(96)119)40-57-23-18-30-65(100-57)93-110-75(48-133-93)88(126)103-69(37-54-42-97-62-27-15-12-24-58(54)62)84(122)107-73(46-116)86(124)111-79(51(5)6)91(129)105-68/h9-18,21-30,42-44,49-52,61,66-77,79-80,97-99,115-117H,19-20,31-41,45-48H2,1-8H3,(H2,96,119)(H,101,121)(H,102,123)(H,103,126)(H,104,127)(H,105,129)(H,106,120)(H,107,122)(H,108,128)(H,109,130)(H,111,124)(H,112,125)/t61-,66-,67-,68-,69-,70-,71-,72-,73-,74-,75-,76-,77-,79-,80-/m0/s1. The van der Waals surface area contributed by atoms with Gasteiger partial charge in [-0.15, -0.1) is 11.8 Å². The number of Topliss-reactive ketones (excluding diaryl/α,β-unsaturated/α-hetero) is 1. The first kappa shape index (κ1) is 98.8. The Labute approximate surface area is 772 Å². The molecule has 0 radical (unpaired) electrons. The van der Waals surface area contributed by atoms with Crippen molar-refractivity contribution in [1.29, 1.82) is 0 Å². The van der Waals surface area contributed by atoms with Crippen molar-refractivity contribution in [2.75, 3.05) is 38.7 Å². The second-order valence-corrected chi connectivity index (χ2v) is 36.9. The first-order chi connectivity index (χ1) is 63.7. The number of nitrogens with zero attached hydrogens (tertiary/aromatic N) is 4. The van der Waals surface area contributed by atoms with Gasteiger partial charge in [0.1, 0.15) is 83.6 Å². The minimum atomic E-state index is -1.76. The first-order valence-electron chi connectivity index (χ1n) is 45.1. The highest BCUT2D eigenvalue weighted by molar-refractivity contribution is 8.14. The van der Waals surface area contributed by atoms with Crippen LogP contribution < -0.4 is 64.2 Å². The molecule has 8 heterocycles. The summed E-state index contributed by atoms with van der Waals surface area (Å²) in [5, 5.41) is 64.3. The van der Waals surface area contributed by atoms with Gasteiger partial charge in [0.15, 0.2) is 5.78 Å². The average Bonchev–Trinajstić information content (AvgIpc) is 1.69. The van der Waals surface area contributed by atoms with E-state index < -0.39 is 223 Å². The van der Waals surface area contributed by atoms with Gasteiger partial charge in [0.25, 0.3) is 0 Å². The fourth-order valence-electron chi connectivity index (χ4n) is 17.3. The minimum absolute atomic E-state index is 0.00421. The number of fused-ring (bicyclic) bond motifs is 9. The van der Waals surface area contributed by atoms with Gasteiger partial charge in [-0.25, -0.2) is 0 Å². The number of aromatic nitrogens is 4. The van der Waals surface area contributed by atoms with Crippen molar-refractivity contribution in [3.8, 4) is 0 Å². The van der Waals surface area contributed by atoms with Crippen LogP contribution in [0.5, 0.6) is 0 Å². The third kappa shape index (κ3) is 24.8. The monoisotopic (exact) mass is 1850 g/mol. The topological polar surface area (TPSA) is 554 Å². The number of primary amides is 1. The number of para-hydroxylation sites is 3. The van der Waals surface area contributed by atoms with Crippen molar-refractivity contribution in [3.63, 3.8) is 0 Å². The van der Waals surface area contributed by atoms with Gasteiger partial charge in [0.05, 0.1) is 31.6 Å². The number of carbonyl (C=O) groups excluding carboxylic acids is 15. The molecule has 4 aromatic heterocycles. The number of nitrogens with two attached hydrogens (primary N) is 1. The van der Waals surface area contributed by atoms with Crippen molar-refractivity contribution in [2.24, 2.45) is 40.3 Å². The predicted octanol–water partition coefficient (Wildman–Crippen LogP) is 1.28. The van der Waals surface area contributed by atoms with Crippen LogP contribution in [0.4, 0.5) is 0 Å². The molecule has 2 saturated heterocycles. The third-order valence-corrected chi connectivity index (χ3v) is 25.8. The molecule has 4 aliphatic heterocycles. The number of aromatic amines is 3. The first-order valence-corrected chi connectivity index (χ1v) is 46.1. The van der Waals surface area contributed by atoms with Crippen LogP contribution >= 0.6 is 11.8 Å². The highest BCUT2D eigenvalue weighted by Gasteiger charge is 2.45. The third-order valence-electron chi connectivity index (χ3n) is 24.7. The zero-order valence-electron chi connectivity index (χ0n) is 75.5. The molecule has 0 aliphatic carbocycles. The Morgan fingerprint density at radius 2 is 0.835 bits per heavy atom. The number of aliphatic imine (C=N–C) groups is 1. The van der Waals surface area contributed by atoms with E-state index in [1.54, 1.807) is 127 Å². The molecular weight excluding hydrogens is 1730 g/mol. The van der Waals surface area contributed by atoms with Crippen molar-refractivity contribution >= 4 is 138 Å². The SMILES string of the molecule is CC(C)C[C@@H]1NC(=O)[C@H](C(C)C)NC(=O)[C@H](CO)NC(=O)[C@H](Cc2c[nH]c3ccccc23)NC(=O)[C@@H]2CSC(=N2)c2cccc(n2)C[C@@H](C(N)=O)NC(=O)[C@H](CO)NC(=O)[C@H](C(C)C)NC(=O)[C@H](CO)NC(=O)[C@@H]2CCCN2C(=O)[C@H](C(C)C)CC(=O)[C@H](Cc2ccccc2)NC(=O)[C@H](Cc2c[nH]c3ccccc23)NC(=O)[C@@H]2CCCN2C(=O)[C@H](Cc2c[nH]c3ccccc23)NC1=O. The van der Waals surface area contributed by atoms with E-state index in [2.05, 4.69) is 83.4 Å². The van der Waals surface area contributed by atoms with Crippen molar-refractivity contribution < 1.29 is 87.2 Å². The highest BCUT2D eigenvalue weighted by atomic mass is 32.2. The van der Waals surface area contributed by atoms with Crippen molar-refractivity contribution in [2.45, 2.75) is 211 Å². The number of benzene rings is 4. The molecule has 14 amide bonds. The van der Waals surface area contributed by atoms with E-state index in [4.69, 9.17) is 5.73 Å². The molecule has 15 atom stereocenters. The van der Waals surface area contributed by atoms with E-state index in [9.17, 15) is 58.5 Å². The van der Waals surface area contributed by atoms with E-state index in [1.165, 1.54) is 15.9 Å². The van der Waals surface area contributed by atoms with Gasteiger partial charge in [0.2, 0.25) is 82.7 Å². The van der Waals surface area contributed by atoms with Gasteiger partial charge in [-0.3, -0.25) is 81.9 Å². The van der Waals surface area contributed by atoms with Crippen LogP contribution in [0.2, 0.25) is 0 Å². The Morgan fingerprint density at radius 1 is 0.421 bits per heavy atom. The minimum Gasteiger partial charge on any atom is -0.394 e. The number of H-pyrrole nitrogens is 3. The lowest BCUT2D eigenvalue weighted by Gasteiger charge is -2.32. The predicted molar refractivity (Wildman–Crippen MR) is 495 cm³/mol. The molecule has 0 saturated carbocycles. The van der Waals surface area contributed by atoms with Crippen LogP contribution in [-0.4, -0.2) is 262 Å². The Morgan fingerprint density at radius 3 is 1.32 bits per heavy atom. The number of pyridine rings is 1. The summed E-state index contributed by atoms with van der Waals surface area (Å²) < 4.78 is 0. The zero-order chi connectivity index (χ0) is 95.6. The van der Waals surface area contributed by atoms with E-state index >= 15 is 28.8 Å². The number of aliphatic hydroxyl groups is 3. The maximum Gasteiger partial charge on any atom is 0.246 e. The number of ketones is 1. The van der Waals surface area contributed by atoms with Gasteiger partial charge in [-0.1, -0.05) is 146 Å². The van der Waals surface area contributed by atoms with Gasteiger partial charge >= 0.3 is 0 Å². The van der Waals surface area contributed by atoms with Crippen LogP contribution in [0.1, 0.15) is 128 Å². The molecule has 2 fully saturated rings. The van der Waals surface area contributed by atoms with Crippen molar-refractivity contribution in [1.82, 2.24) is 88.2 Å². The summed E-state index contributed by atoms with van der Waals surface area (Å²) in [5.41, 5.74) is 10.8. The molecular formula is C95H119N19O18S. The Bertz CT molecular complexity index is 5640. The van der Waals surface area contributed by atoms with Crippen LogP contribution in [0.15, 0.2) is 145 Å². The number of hydrogen-bond acceptors (Lipinski definition) is 21. The maximum atomic E-state index is 15.8. The van der Waals surface area contributed by atoms with Gasteiger partial charge in [0, 0.05) is 114 Å². The number of nitrogens with one attached hydrogen (secondary N) is 14. The fraction of sp³-hybridized carbons (Fsp3) is 0.463. The van der Waals surface area contributed by atoms with Gasteiger partial charge in [-0.2, -0.15) is 0 Å². The number of amides is 14. The lowest BCUT2D eigenvalue weighted by molar-refractivity contribution is -0.145. The Kier molecular flexibility index (Phi) is 33.6. The molecule has 38 heteroatoms. The van der Waals surface area contributed by atoms with E-state index in [1.807, 2.05) is 62.4 Å². The summed E-state index contributed by atoms with van der Waals surface area (Å²) in [6, 6.07) is 14.9. The lowest BCUT2D eigenvalue weighted by Crippen LogP contribution is -2.61. The number of thioether (sulfide) groups is 1. The van der Waals surface area contributed by atoms with E-state index in [0.29, 0.717) is 62.4 Å². The largest absolute Gasteiger partial charge is 0.394 e. The van der Waals surface area contributed by atoms with Crippen LogP contribution in [0.25, 0.3) is 32.7 Å². The average molecular weight is 1850 g/mol. The maximum absolute atomic E-state index is 15.8. The molecule has 19 N–H and O–H groups in total. The smallest absolute Gasteiger partial charge is 0.246 e. The summed E-state index contributed by atoms with van der Waals surface area (Å²) in [6.07, 6.45) is 4.50. The lowest BCUT2D eigenvalue weighted by atomic mass is 9.86. The molecule has 708 valence electrons. The Balaban J connectivity index is 0.859. The molecule has 37 nitrogen and oxygen atoms in total. The summed E-state index contributed by atoms with van der Waals surface area (Å²) in [5.74, 6) is -16.2. The van der Waals surface area contributed by atoms with Gasteiger partial charge in [-0.05, 0) is 115 Å². The second-order valence-electron chi connectivity index (χ2n) is 35.9.